The minimum absolute atomic E-state index is 0.0649. The number of piperidine rings is 1. The van der Waals surface area contributed by atoms with E-state index in [-0.39, 0.29) is 31.5 Å². The molecule has 1 aromatic heterocycles. The van der Waals surface area contributed by atoms with Crippen LogP contribution in [-0.2, 0) is 11.3 Å². The molecule has 3 aliphatic rings. The Hall–Kier alpha value is -3.91. The summed E-state index contributed by atoms with van der Waals surface area (Å²) >= 11 is 0. The van der Waals surface area contributed by atoms with Gasteiger partial charge in [-0.1, -0.05) is 6.07 Å². The van der Waals surface area contributed by atoms with Crippen molar-refractivity contribution in [3.63, 3.8) is 0 Å². The number of likely N-dealkylation sites (tertiary alicyclic amines) is 1. The summed E-state index contributed by atoms with van der Waals surface area (Å²) in [6.45, 7) is 5.25. The van der Waals surface area contributed by atoms with Gasteiger partial charge in [0, 0.05) is 44.2 Å². The molecule has 2 aromatic carbocycles. The van der Waals surface area contributed by atoms with Crippen LogP contribution >= 0.6 is 0 Å². The Labute approximate surface area is 256 Å². The van der Waals surface area contributed by atoms with E-state index >= 15 is 0 Å². The van der Waals surface area contributed by atoms with Crippen LogP contribution in [-0.4, -0.2) is 107 Å². The van der Waals surface area contributed by atoms with Crippen LogP contribution in [0.2, 0.25) is 0 Å². The predicted molar refractivity (Wildman–Crippen MR) is 163 cm³/mol. The van der Waals surface area contributed by atoms with Gasteiger partial charge in [0.25, 0.3) is 0 Å². The summed E-state index contributed by atoms with van der Waals surface area (Å²) in [7, 11) is 1.91. The molecule has 13 nitrogen and oxygen atoms in total. The molecular formula is C31H40N6O7. The first-order valence-electron chi connectivity index (χ1n) is 15.1. The van der Waals surface area contributed by atoms with Gasteiger partial charge in [-0.3, -0.25) is 9.69 Å². The molecule has 4 N–H and O–H groups in total. The number of β-amino-alcohol motifs (C(OH)–C–C–N with tert-alkyl or cyclic N) is 1. The zero-order chi connectivity index (χ0) is 30.6. The molecule has 1 amide bonds. The zero-order valence-corrected chi connectivity index (χ0v) is 25.1. The lowest BCUT2D eigenvalue weighted by Gasteiger charge is -2.31. The lowest BCUT2D eigenvalue weighted by molar-refractivity contribution is -0.125. The number of carbonyl (C=O) groups excluding carboxylic acids is 1. The largest absolute Gasteiger partial charge is 0.490 e. The van der Waals surface area contributed by atoms with Gasteiger partial charge < -0.3 is 44.7 Å². The molecular weight excluding hydrogens is 568 g/mol. The number of rotatable bonds is 5. The molecule has 2 bridgehead atoms. The third-order valence-corrected chi connectivity index (χ3v) is 8.37. The molecule has 3 aromatic rings. The summed E-state index contributed by atoms with van der Waals surface area (Å²) < 4.78 is 23.8. The van der Waals surface area contributed by atoms with Crippen LogP contribution in [0.25, 0.3) is 10.9 Å². The number of carbonyl (C=O) groups is 1. The second-order valence-electron chi connectivity index (χ2n) is 11.6. The Morgan fingerprint density at radius 3 is 2.82 bits per heavy atom. The number of likely N-dealkylation sites (N-methyl/N-ethyl adjacent to an activating group) is 1. The van der Waals surface area contributed by atoms with Crippen molar-refractivity contribution in [2.75, 3.05) is 58.6 Å². The normalized spacial score (nSPS) is 20.9. The third kappa shape index (κ3) is 6.75. The van der Waals surface area contributed by atoms with Crippen molar-refractivity contribution in [3.8, 4) is 23.0 Å². The monoisotopic (exact) mass is 608 g/mol. The molecule has 3 aliphatic heterocycles. The Bertz CT molecular complexity index is 1480. The van der Waals surface area contributed by atoms with Gasteiger partial charge in [-0.25, -0.2) is 9.97 Å². The van der Waals surface area contributed by atoms with E-state index in [4.69, 9.17) is 18.9 Å². The van der Waals surface area contributed by atoms with Crippen LogP contribution in [0, 0.1) is 0 Å². The highest BCUT2D eigenvalue weighted by atomic mass is 16.7. The lowest BCUT2D eigenvalue weighted by atomic mass is 10.1. The maximum absolute atomic E-state index is 12.9. The maximum atomic E-state index is 12.9. The number of anilines is 2. The highest BCUT2D eigenvalue weighted by Gasteiger charge is 2.26. The minimum atomic E-state index is -0.724. The Kier molecular flexibility index (Phi) is 9.17. The molecule has 13 heteroatoms. The first-order chi connectivity index (χ1) is 21.4. The molecule has 0 unspecified atom stereocenters. The number of hydrogen-bond acceptors (Lipinski definition) is 12. The van der Waals surface area contributed by atoms with E-state index in [1.54, 1.807) is 6.07 Å². The fraction of sp³-hybridized carbons (Fsp3) is 0.516. The fourth-order valence-electron chi connectivity index (χ4n) is 5.65. The van der Waals surface area contributed by atoms with Crippen LogP contribution in [0.4, 0.5) is 11.5 Å². The number of aromatic nitrogens is 2. The predicted octanol–water partition coefficient (Wildman–Crippen LogP) is 2.02. The average molecular weight is 609 g/mol. The number of aliphatic hydroxyl groups excluding tert-OH is 2. The maximum Gasteiger partial charge on any atom is 0.237 e. The number of ether oxygens (including phenoxy) is 4. The molecule has 2 atom stereocenters. The first kappa shape index (κ1) is 30.1. The van der Waals surface area contributed by atoms with Crippen LogP contribution in [0.5, 0.6) is 23.0 Å². The Morgan fingerprint density at radius 1 is 1.14 bits per heavy atom. The van der Waals surface area contributed by atoms with Crippen molar-refractivity contribution in [1.29, 1.82) is 0 Å². The first-order valence-corrected chi connectivity index (χ1v) is 15.1. The van der Waals surface area contributed by atoms with Gasteiger partial charge >= 0.3 is 0 Å². The number of nitrogens with one attached hydrogen (secondary N) is 2. The molecule has 0 spiro atoms. The van der Waals surface area contributed by atoms with Gasteiger partial charge in [0.05, 0.1) is 30.0 Å². The van der Waals surface area contributed by atoms with E-state index in [0.29, 0.717) is 90.9 Å². The number of hydrogen-bond donors (Lipinski definition) is 4. The summed E-state index contributed by atoms with van der Waals surface area (Å²) in [5.74, 6) is 2.60. The van der Waals surface area contributed by atoms with E-state index in [1.807, 2.05) is 37.1 Å². The van der Waals surface area contributed by atoms with Gasteiger partial charge in [-0.05, 0) is 50.9 Å². The SMILES string of the molecule is C[C@H]1C(=O)NCCCOc2cc3c(ncnc3cc2OC[C@@H](O)CN2CCC(O)CC2)Nc2c(ccc3c2OCO3)CN1C. The summed E-state index contributed by atoms with van der Waals surface area (Å²) in [6, 6.07) is 7.09. The highest BCUT2D eigenvalue weighted by molar-refractivity contribution is 5.94. The van der Waals surface area contributed by atoms with E-state index < -0.39 is 6.10 Å². The third-order valence-electron chi connectivity index (χ3n) is 8.37. The van der Waals surface area contributed by atoms with Crippen molar-refractivity contribution in [1.82, 2.24) is 25.1 Å². The van der Waals surface area contributed by atoms with Crippen molar-refractivity contribution in [2.24, 2.45) is 0 Å². The number of benzene rings is 2. The quantitative estimate of drug-likeness (QED) is 0.336. The van der Waals surface area contributed by atoms with E-state index in [2.05, 4.69) is 25.5 Å². The van der Waals surface area contributed by atoms with Crippen molar-refractivity contribution < 1.29 is 34.0 Å². The van der Waals surface area contributed by atoms with E-state index in [1.165, 1.54) is 6.33 Å². The van der Waals surface area contributed by atoms with E-state index in [0.717, 1.165) is 18.7 Å². The molecule has 4 heterocycles. The zero-order valence-electron chi connectivity index (χ0n) is 25.1. The minimum Gasteiger partial charge on any atom is -0.490 e. The Morgan fingerprint density at radius 2 is 1.98 bits per heavy atom. The highest BCUT2D eigenvalue weighted by Crippen LogP contribution is 2.44. The van der Waals surface area contributed by atoms with Gasteiger partial charge in [-0.2, -0.15) is 0 Å². The second-order valence-corrected chi connectivity index (χ2v) is 11.6. The molecule has 1 saturated heterocycles. The van der Waals surface area contributed by atoms with Gasteiger partial charge in [0.2, 0.25) is 12.7 Å². The number of aliphatic hydroxyl groups is 2. The summed E-state index contributed by atoms with van der Waals surface area (Å²) in [4.78, 5) is 26.1. The second kappa shape index (κ2) is 13.4. The molecule has 44 heavy (non-hydrogen) atoms. The summed E-state index contributed by atoms with van der Waals surface area (Å²) in [5.41, 5.74) is 2.24. The fourth-order valence-corrected chi connectivity index (χ4v) is 5.65. The number of fused-ring (bicyclic) bond motifs is 4. The van der Waals surface area contributed by atoms with E-state index in [9.17, 15) is 15.0 Å². The van der Waals surface area contributed by atoms with Crippen LogP contribution in [0.3, 0.4) is 0 Å². The average Bonchev–Trinajstić information content (AvgIpc) is 3.50. The van der Waals surface area contributed by atoms with Gasteiger partial charge in [-0.15, -0.1) is 0 Å². The van der Waals surface area contributed by atoms with Crippen LogP contribution in [0.1, 0.15) is 31.7 Å². The Balaban J connectivity index is 1.31. The van der Waals surface area contributed by atoms with Gasteiger partial charge in [0.1, 0.15) is 24.9 Å². The van der Waals surface area contributed by atoms with Crippen molar-refractivity contribution in [3.05, 3.63) is 36.2 Å². The smallest absolute Gasteiger partial charge is 0.237 e. The van der Waals surface area contributed by atoms with Crippen molar-refractivity contribution >= 4 is 28.3 Å². The molecule has 0 radical (unpaired) electrons. The molecule has 236 valence electrons. The van der Waals surface area contributed by atoms with Crippen LogP contribution < -0.4 is 29.6 Å². The van der Waals surface area contributed by atoms with Crippen LogP contribution in [0.15, 0.2) is 30.6 Å². The standard InChI is InChI=1S/C31H40N6O7/c1-19-31(40)32-8-3-11-41-26-12-23-24(13-27(26)42-16-22(39)15-37-9-6-21(38)7-10-37)33-17-34-30(23)35-28-20(14-36(19)2)4-5-25-29(28)44-18-43-25/h4-5,12-13,17,19,21-22,38-39H,3,6-11,14-16,18H2,1-2H3,(H,32,40)(H,33,34,35)/t19-,22-/m0/s1. The molecule has 0 aliphatic carbocycles. The summed E-state index contributed by atoms with van der Waals surface area (Å²) in [6.07, 6.45) is 2.48. The molecule has 0 saturated carbocycles. The number of nitrogens with zero attached hydrogens (tertiary/aromatic N) is 4. The van der Waals surface area contributed by atoms with Crippen molar-refractivity contribution in [2.45, 2.75) is 51.0 Å². The topological polar surface area (TPSA) is 151 Å². The molecule has 6 rings (SSSR count). The summed E-state index contributed by atoms with van der Waals surface area (Å²) in [5, 5.41) is 27.7. The molecule has 1 fully saturated rings. The number of amides is 1. The lowest BCUT2D eigenvalue weighted by Crippen LogP contribution is -2.43. The van der Waals surface area contributed by atoms with Gasteiger partial charge in [0.15, 0.2) is 23.0 Å².